The zero-order valence-corrected chi connectivity index (χ0v) is 13.6. The van der Waals surface area contributed by atoms with Crippen LogP contribution in [0, 0.1) is 12.8 Å². The van der Waals surface area contributed by atoms with Crippen LogP contribution in [0.3, 0.4) is 0 Å². The summed E-state index contributed by atoms with van der Waals surface area (Å²) in [5.74, 6) is 0.520. The maximum atomic E-state index is 12.6. The number of amides is 1. The van der Waals surface area contributed by atoms with E-state index < -0.39 is 0 Å². The zero-order chi connectivity index (χ0) is 16.4. The molecule has 2 N–H and O–H groups in total. The predicted molar refractivity (Wildman–Crippen MR) is 88.1 cm³/mol. The molecule has 122 valence electrons. The Morgan fingerprint density at radius 2 is 2.09 bits per heavy atom. The molecule has 1 fully saturated rings. The first kappa shape index (κ1) is 15.7. The average molecular weight is 313 g/mol. The van der Waals surface area contributed by atoms with Crippen LogP contribution in [0.25, 0.3) is 5.69 Å². The molecule has 2 heterocycles. The maximum absolute atomic E-state index is 12.6. The van der Waals surface area contributed by atoms with Gasteiger partial charge in [0.1, 0.15) is 0 Å². The third-order valence-electron chi connectivity index (χ3n) is 4.62. The van der Waals surface area contributed by atoms with Crippen LogP contribution in [0.2, 0.25) is 0 Å². The molecule has 1 saturated heterocycles. The number of aromatic nitrogens is 3. The molecule has 0 bridgehead atoms. The van der Waals surface area contributed by atoms with Crippen molar-refractivity contribution in [2.24, 2.45) is 11.7 Å². The van der Waals surface area contributed by atoms with Gasteiger partial charge in [-0.3, -0.25) is 4.79 Å². The van der Waals surface area contributed by atoms with Crippen LogP contribution in [0.1, 0.15) is 24.7 Å². The summed E-state index contributed by atoms with van der Waals surface area (Å²) in [6, 6.07) is 10.1. The molecule has 0 radical (unpaired) electrons. The van der Waals surface area contributed by atoms with E-state index in [-0.39, 0.29) is 11.9 Å². The number of carbonyl (C=O) groups excluding carboxylic acids is 1. The molecule has 1 aromatic heterocycles. The van der Waals surface area contributed by atoms with E-state index in [2.05, 4.69) is 17.2 Å². The summed E-state index contributed by atoms with van der Waals surface area (Å²) in [5, 5.41) is 8.40. The van der Waals surface area contributed by atoms with E-state index in [4.69, 9.17) is 5.73 Å². The largest absolute Gasteiger partial charge is 0.339 e. The fourth-order valence-corrected chi connectivity index (χ4v) is 3.24. The van der Waals surface area contributed by atoms with Gasteiger partial charge >= 0.3 is 0 Å². The van der Waals surface area contributed by atoms with E-state index in [0.717, 1.165) is 30.0 Å². The molecule has 1 amide bonds. The van der Waals surface area contributed by atoms with Crippen LogP contribution in [-0.4, -0.2) is 44.9 Å². The van der Waals surface area contributed by atoms with Crippen LogP contribution in [-0.2, 0) is 11.2 Å². The SMILES string of the molecule is Cc1c(CC(=O)N2CC(CN)CC2C)nnn1-c1ccccc1. The number of likely N-dealkylation sites (tertiary alicyclic amines) is 1. The highest BCUT2D eigenvalue weighted by Gasteiger charge is 2.32. The Bertz CT molecular complexity index is 682. The third kappa shape index (κ3) is 3.12. The first-order valence-electron chi connectivity index (χ1n) is 8.06. The summed E-state index contributed by atoms with van der Waals surface area (Å²) >= 11 is 0. The minimum Gasteiger partial charge on any atom is -0.339 e. The van der Waals surface area contributed by atoms with Crippen molar-refractivity contribution in [1.82, 2.24) is 19.9 Å². The molecule has 6 heteroatoms. The molecule has 1 aliphatic rings. The molecule has 2 atom stereocenters. The number of hydrogen-bond acceptors (Lipinski definition) is 4. The second kappa shape index (κ2) is 6.50. The van der Waals surface area contributed by atoms with Crippen LogP contribution >= 0.6 is 0 Å². The predicted octanol–water partition coefficient (Wildman–Crippen LogP) is 1.31. The standard InChI is InChI=1S/C17H23N5O/c1-12-8-14(10-18)11-21(12)17(23)9-16-13(2)22(20-19-16)15-6-4-3-5-7-15/h3-7,12,14H,8-11,18H2,1-2H3. The highest BCUT2D eigenvalue weighted by atomic mass is 16.2. The highest BCUT2D eigenvalue weighted by molar-refractivity contribution is 5.79. The average Bonchev–Trinajstić information content (AvgIpc) is 3.12. The summed E-state index contributed by atoms with van der Waals surface area (Å²) in [7, 11) is 0. The summed E-state index contributed by atoms with van der Waals surface area (Å²) in [6.07, 6.45) is 1.28. The first-order chi connectivity index (χ1) is 11.1. The van der Waals surface area contributed by atoms with Gasteiger partial charge in [0.05, 0.1) is 23.5 Å². The Kier molecular flexibility index (Phi) is 4.43. The van der Waals surface area contributed by atoms with Crippen molar-refractivity contribution >= 4 is 5.91 Å². The topological polar surface area (TPSA) is 77.0 Å². The van der Waals surface area contributed by atoms with Crippen molar-refractivity contribution in [3.05, 3.63) is 41.7 Å². The molecule has 1 aliphatic heterocycles. The molecule has 0 saturated carbocycles. The number of hydrogen-bond donors (Lipinski definition) is 1. The van der Waals surface area contributed by atoms with Gasteiger partial charge in [-0.2, -0.15) is 0 Å². The van der Waals surface area contributed by atoms with E-state index >= 15 is 0 Å². The van der Waals surface area contributed by atoms with E-state index in [1.165, 1.54) is 0 Å². The van der Waals surface area contributed by atoms with E-state index in [1.54, 1.807) is 4.68 Å². The van der Waals surface area contributed by atoms with Gasteiger partial charge < -0.3 is 10.6 Å². The fourth-order valence-electron chi connectivity index (χ4n) is 3.24. The van der Waals surface area contributed by atoms with Crippen molar-refractivity contribution in [3.63, 3.8) is 0 Å². The Balaban J connectivity index is 1.74. The number of para-hydroxylation sites is 1. The monoisotopic (exact) mass is 313 g/mol. The lowest BCUT2D eigenvalue weighted by atomic mass is 10.1. The molecule has 0 spiro atoms. The Hall–Kier alpha value is -2.21. The first-order valence-corrected chi connectivity index (χ1v) is 8.06. The van der Waals surface area contributed by atoms with Crippen molar-refractivity contribution < 1.29 is 4.79 Å². The van der Waals surface area contributed by atoms with Gasteiger partial charge in [-0.25, -0.2) is 4.68 Å². The number of nitrogens with zero attached hydrogens (tertiary/aromatic N) is 4. The van der Waals surface area contributed by atoms with Gasteiger partial charge in [-0.1, -0.05) is 23.4 Å². The van der Waals surface area contributed by atoms with Crippen LogP contribution in [0.4, 0.5) is 0 Å². The smallest absolute Gasteiger partial charge is 0.228 e. The lowest BCUT2D eigenvalue weighted by Gasteiger charge is -2.21. The molecule has 2 unspecified atom stereocenters. The van der Waals surface area contributed by atoms with E-state index in [9.17, 15) is 4.79 Å². The van der Waals surface area contributed by atoms with Crippen molar-refractivity contribution in [3.8, 4) is 5.69 Å². The van der Waals surface area contributed by atoms with Crippen LogP contribution in [0.5, 0.6) is 0 Å². The quantitative estimate of drug-likeness (QED) is 0.923. The van der Waals surface area contributed by atoms with Gasteiger partial charge in [0.2, 0.25) is 5.91 Å². The molecule has 23 heavy (non-hydrogen) atoms. The lowest BCUT2D eigenvalue weighted by molar-refractivity contribution is -0.131. The summed E-state index contributed by atoms with van der Waals surface area (Å²) in [4.78, 5) is 14.5. The number of rotatable bonds is 4. The van der Waals surface area contributed by atoms with Gasteiger partial charge in [0, 0.05) is 12.6 Å². The molecule has 2 aromatic rings. The van der Waals surface area contributed by atoms with Crippen molar-refractivity contribution in [1.29, 1.82) is 0 Å². The van der Waals surface area contributed by atoms with E-state index in [1.807, 2.05) is 42.2 Å². The Morgan fingerprint density at radius 3 is 2.74 bits per heavy atom. The third-order valence-corrected chi connectivity index (χ3v) is 4.62. The second-order valence-corrected chi connectivity index (χ2v) is 6.28. The van der Waals surface area contributed by atoms with Crippen LogP contribution in [0.15, 0.2) is 30.3 Å². The summed E-state index contributed by atoms with van der Waals surface area (Å²) < 4.78 is 1.78. The zero-order valence-electron chi connectivity index (χ0n) is 13.6. The number of carbonyl (C=O) groups is 1. The molecule has 6 nitrogen and oxygen atoms in total. The van der Waals surface area contributed by atoms with Gasteiger partial charge in [-0.05, 0) is 44.9 Å². The number of nitrogens with two attached hydrogens (primary N) is 1. The van der Waals surface area contributed by atoms with Crippen molar-refractivity contribution in [2.45, 2.75) is 32.7 Å². The molecular formula is C17H23N5O. The number of benzene rings is 1. The minimum absolute atomic E-state index is 0.108. The summed E-state index contributed by atoms with van der Waals surface area (Å²) in [5.41, 5.74) is 8.34. The maximum Gasteiger partial charge on any atom is 0.228 e. The van der Waals surface area contributed by atoms with Gasteiger partial charge in [0.25, 0.3) is 0 Å². The summed E-state index contributed by atoms with van der Waals surface area (Å²) in [6.45, 7) is 5.42. The van der Waals surface area contributed by atoms with E-state index in [0.29, 0.717) is 18.9 Å². The fraction of sp³-hybridized carbons (Fsp3) is 0.471. The molecular weight excluding hydrogens is 290 g/mol. The van der Waals surface area contributed by atoms with Gasteiger partial charge in [0.15, 0.2) is 0 Å². The van der Waals surface area contributed by atoms with Crippen molar-refractivity contribution in [2.75, 3.05) is 13.1 Å². The molecule has 3 rings (SSSR count). The molecule has 0 aliphatic carbocycles. The Morgan fingerprint density at radius 1 is 1.35 bits per heavy atom. The highest BCUT2D eigenvalue weighted by Crippen LogP contribution is 2.23. The van der Waals surface area contributed by atoms with Gasteiger partial charge in [-0.15, -0.1) is 5.10 Å². The molecule has 1 aromatic carbocycles. The lowest BCUT2D eigenvalue weighted by Crippen LogP contribution is -2.35. The minimum atomic E-state index is 0.108. The normalized spacial score (nSPS) is 20.9. The second-order valence-electron chi connectivity index (χ2n) is 6.28. The van der Waals surface area contributed by atoms with Crippen LogP contribution < -0.4 is 5.73 Å². The Labute approximate surface area is 136 Å².